The molecule has 0 aromatic heterocycles. The van der Waals surface area contributed by atoms with Crippen LogP contribution in [0.2, 0.25) is 5.02 Å². The summed E-state index contributed by atoms with van der Waals surface area (Å²) in [7, 11) is 0. The van der Waals surface area contributed by atoms with Crippen molar-refractivity contribution in [3.63, 3.8) is 0 Å². The highest BCUT2D eigenvalue weighted by molar-refractivity contribution is 9.10. The smallest absolute Gasteiger partial charge is 0.129 e. The highest BCUT2D eigenvalue weighted by atomic mass is 79.9. The zero-order chi connectivity index (χ0) is 12.3. The Balaban J connectivity index is 2.04. The Bertz CT molecular complexity index is 513. The van der Waals surface area contributed by atoms with Crippen LogP contribution in [0.5, 0.6) is 0 Å². The van der Waals surface area contributed by atoms with Crippen molar-refractivity contribution in [3.05, 3.63) is 63.3 Å². The first kappa shape index (κ1) is 12.4. The van der Waals surface area contributed by atoms with Gasteiger partial charge in [-0.15, -0.1) is 0 Å². The van der Waals surface area contributed by atoms with E-state index in [1.807, 2.05) is 18.2 Å². The van der Waals surface area contributed by atoms with E-state index in [-0.39, 0.29) is 5.82 Å². The summed E-state index contributed by atoms with van der Waals surface area (Å²) in [5.74, 6) is -0.221. The molecule has 17 heavy (non-hydrogen) atoms. The average Bonchev–Trinajstić information content (AvgIpc) is 2.30. The maximum absolute atomic E-state index is 13.5. The largest absolute Gasteiger partial charge is 0.381 e. The quantitative estimate of drug-likeness (QED) is 0.853. The summed E-state index contributed by atoms with van der Waals surface area (Å²) in [6.07, 6.45) is 0. The molecule has 0 amide bonds. The second-order valence-corrected chi connectivity index (χ2v) is 4.95. The molecule has 88 valence electrons. The molecule has 2 rings (SSSR count). The van der Waals surface area contributed by atoms with Crippen LogP contribution in [0.1, 0.15) is 5.56 Å². The van der Waals surface area contributed by atoms with Gasteiger partial charge in [0.2, 0.25) is 0 Å². The average molecular weight is 315 g/mol. The molecule has 0 bridgehead atoms. The highest BCUT2D eigenvalue weighted by Gasteiger charge is 2.02. The molecule has 0 aliphatic rings. The van der Waals surface area contributed by atoms with Gasteiger partial charge in [0.1, 0.15) is 5.82 Å². The van der Waals surface area contributed by atoms with Gasteiger partial charge in [0, 0.05) is 27.3 Å². The molecule has 0 heterocycles. The van der Waals surface area contributed by atoms with Gasteiger partial charge in [0.05, 0.1) is 0 Å². The van der Waals surface area contributed by atoms with E-state index in [1.54, 1.807) is 18.2 Å². The van der Waals surface area contributed by atoms with Crippen LogP contribution in [0.4, 0.5) is 10.1 Å². The van der Waals surface area contributed by atoms with Crippen LogP contribution in [-0.4, -0.2) is 0 Å². The predicted octanol–water partition coefficient (Wildman–Crippen LogP) is 4.85. The van der Waals surface area contributed by atoms with Crippen molar-refractivity contribution in [2.45, 2.75) is 6.54 Å². The molecule has 0 radical (unpaired) electrons. The Morgan fingerprint density at radius 2 is 1.82 bits per heavy atom. The summed E-state index contributed by atoms with van der Waals surface area (Å²) in [4.78, 5) is 0. The minimum Gasteiger partial charge on any atom is -0.381 e. The van der Waals surface area contributed by atoms with Crippen molar-refractivity contribution >= 4 is 33.2 Å². The number of hydrogen-bond donors (Lipinski definition) is 1. The standard InChI is InChI=1S/C13H10BrClFN/c14-10-2-1-9(13(16)7-10)8-17-12-5-3-11(15)4-6-12/h1-7,17H,8H2. The Kier molecular flexibility index (Phi) is 4.02. The van der Waals surface area contributed by atoms with Crippen molar-refractivity contribution in [1.29, 1.82) is 0 Å². The molecule has 0 fully saturated rings. The van der Waals surface area contributed by atoms with Crippen LogP contribution < -0.4 is 5.32 Å². The van der Waals surface area contributed by atoms with Crippen molar-refractivity contribution in [3.8, 4) is 0 Å². The van der Waals surface area contributed by atoms with Crippen LogP contribution in [0.15, 0.2) is 46.9 Å². The molecule has 0 unspecified atom stereocenters. The summed E-state index contributed by atoms with van der Waals surface area (Å²) in [5, 5.41) is 3.82. The lowest BCUT2D eigenvalue weighted by Crippen LogP contribution is -2.01. The fraction of sp³-hybridized carbons (Fsp3) is 0.0769. The summed E-state index contributed by atoms with van der Waals surface area (Å²) < 4.78 is 14.3. The van der Waals surface area contributed by atoms with Gasteiger partial charge in [0.15, 0.2) is 0 Å². The second-order valence-electron chi connectivity index (χ2n) is 3.60. The number of hydrogen-bond acceptors (Lipinski definition) is 1. The summed E-state index contributed by atoms with van der Waals surface area (Å²) in [6, 6.07) is 12.3. The van der Waals surface area contributed by atoms with Crippen LogP contribution in [0, 0.1) is 5.82 Å². The molecule has 0 spiro atoms. The molecule has 0 aliphatic carbocycles. The lowest BCUT2D eigenvalue weighted by molar-refractivity contribution is 0.612. The molecule has 0 aliphatic heterocycles. The van der Waals surface area contributed by atoms with Gasteiger partial charge in [-0.1, -0.05) is 33.6 Å². The Labute approximate surface area is 113 Å². The van der Waals surface area contributed by atoms with Gasteiger partial charge < -0.3 is 5.32 Å². The van der Waals surface area contributed by atoms with Gasteiger partial charge in [0.25, 0.3) is 0 Å². The first-order valence-electron chi connectivity index (χ1n) is 5.08. The monoisotopic (exact) mass is 313 g/mol. The van der Waals surface area contributed by atoms with Crippen LogP contribution in [0.25, 0.3) is 0 Å². The van der Waals surface area contributed by atoms with Gasteiger partial charge in [-0.2, -0.15) is 0 Å². The van der Waals surface area contributed by atoms with Crippen LogP contribution in [0.3, 0.4) is 0 Å². The lowest BCUT2D eigenvalue weighted by Gasteiger charge is -2.07. The third kappa shape index (κ3) is 3.45. The molecule has 0 atom stereocenters. The van der Waals surface area contributed by atoms with Gasteiger partial charge in [-0.25, -0.2) is 4.39 Å². The van der Waals surface area contributed by atoms with Crippen LogP contribution in [-0.2, 0) is 6.54 Å². The van der Waals surface area contributed by atoms with Crippen molar-refractivity contribution in [1.82, 2.24) is 0 Å². The Hall–Kier alpha value is -1.06. The van der Waals surface area contributed by atoms with E-state index in [2.05, 4.69) is 21.2 Å². The molecular weight excluding hydrogens is 305 g/mol. The Morgan fingerprint density at radius 1 is 1.12 bits per heavy atom. The molecule has 1 N–H and O–H groups in total. The third-order valence-corrected chi connectivity index (χ3v) is 3.09. The molecule has 2 aromatic carbocycles. The maximum Gasteiger partial charge on any atom is 0.129 e. The maximum atomic E-state index is 13.5. The summed E-state index contributed by atoms with van der Waals surface area (Å²) in [5.41, 5.74) is 1.54. The first-order chi connectivity index (χ1) is 8.15. The van der Waals surface area contributed by atoms with Crippen molar-refractivity contribution in [2.75, 3.05) is 5.32 Å². The van der Waals surface area contributed by atoms with E-state index in [4.69, 9.17) is 11.6 Å². The Morgan fingerprint density at radius 3 is 2.47 bits per heavy atom. The molecule has 0 saturated heterocycles. The normalized spacial score (nSPS) is 10.3. The SMILES string of the molecule is Fc1cc(Br)ccc1CNc1ccc(Cl)cc1. The van der Waals surface area contributed by atoms with E-state index < -0.39 is 0 Å². The van der Waals surface area contributed by atoms with Gasteiger partial charge in [-0.05, 0) is 36.4 Å². The van der Waals surface area contributed by atoms with Gasteiger partial charge in [-0.3, -0.25) is 0 Å². The summed E-state index contributed by atoms with van der Waals surface area (Å²) >= 11 is 9.00. The van der Waals surface area contributed by atoms with E-state index >= 15 is 0 Å². The highest BCUT2D eigenvalue weighted by Crippen LogP contribution is 2.18. The lowest BCUT2D eigenvalue weighted by atomic mass is 10.2. The van der Waals surface area contributed by atoms with E-state index in [1.165, 1.54) is 6.07 Å². The van der Waals surface area contributed by atoms with E-state index in [9.17, 15) is 4.39 Å². The molecule has 2 aromatic rings. The zero-order valence-corrected chi connectivity index (χ0v) is 11.2. The summed E-state index contributed by atoms with van der Waals surface area (Å²) in [6.45, 7) is 0.445. The molecular formula is C13H10BrClFN. The number of benzene rings is 2. The van der Waals surface area contributed by atoms with E-state index in [0.717, 1.165) is 10.2 Å². The number of nitrogens with one attached hydrogen (secondary N) is 1. The number of anilines is 1. The zero-order valence-electron chi connectivity index (χ0n) is 8.88. The van der Waals surface area contributed by atoms with Crippen molar-refractivity contribution in [2.24, 2.45) is 0 Å². The predicted molar refractivity (Wildman–Crippen MR) is 72.9 cm³/mol. The molecule has 1 nitrogen and oxygen atoms in total. The fourth-order valence-corrected chi connectivity index (χ4v) is 1.89. The minimum atomic E-state index is -0.221. The molecule has 4 heteroatoms. The fourth-order valence-electron chi connectivity index (χ4n) is 1.43. The van der Waals surface area contributed by atoms with Gasteiger partial charge >= 0.3 is 0 Å². The van der Waals surface area contributed by atoms with E-state index in [0.29, 0.717) is 17.1 Å². The second kappa shape index (κ2) is 5.52. The first-order valence-corrected chi connectivity index (χ1v) is 6.25. The number of halogens is 3. The minimum absolute atomic E-state index is 0.221. The third-order valence-electron chi connectivity index (χ3n) is 2.34. The van der Waals surface area contributed by atoms with Crippen LogP contribution >= 0.6 is 27.5 Å². The number of rotatable bonds is 3. The topological polar surface area (TPSA) is 12.0 Å². The molecule has 0 saturated carbocycles. The van der Waals surface area contributed by atoms with Crippen molar-refractivity contribution < 1.29 is 4.39 Å².